The highest BCUT2D eigenvalue weighted by Crippen LogP contribution is 2.26. The average Bonchev–Trinajstić information content (AvgIpc) is 2.79. The third-order valence-electron chi connectivity index (χ3n) is 5.68. The predicted molar refractivity (Wildman–Crippen MR) is 120 cm³/mol. The number of piperidine rings is 1. The SMILES string of the molecule is CCOC(=O)C=CCC1CCN(CCOC(c2ccccc2)c2ccc(F)cc2)CC1. The standard InChI is InChI=1S/C26H32FNO3/c1-2-30-25(29)10-6-7-21-15-17-28(18-16-21)19-20-31-26(22-8-4-3-5-9-22)23-11-13-24(27)14-12-23/h3-6,8-14,21,26H,2,7,15-20H2,1H3. The molecule has 1 heterocycles. The van der Waals surface area contributed by atoms with Crippen molar-refractivity contribution in [1.82, 2.24) is 4.90 Å². The van der Waals surface area contributed by atoms with E-state index in [0.717, 1.165) is 50.0 Å². The van der Waals surface area contributed by atoms with Gasteiger partial charge in [0.2, 0.25) is 0 Å². The van der Waals surface area contributed by atoms with E-state index in [0.29, 0.717) is 19.1 Å². The van der Waals surface area contributed by atoms with Gasteiger partial charge < -0.3 is 14.4 Å². The van der Waals surface area contributed by atoms with Gasteiger partial charge in [0.05, 0.1) is 13.2 Å². The van der Waals surface area contributed by atoms with Crippen LogP contribution in [-0.4, -0.2) is 43.7 Å². The summed E-state index contributed by atoms with van der Waals surface area (Å²) in [5, 5.41) is 0. The van der Waals surface area contributed by atoms with Gasteiger partial charge in [-0.25, -0.2) is 9.18 Å². The van der Waals surface area contributed by atoms with E-state index in [1.165, 1.54) is 12.1 Å². The van der Waals surface area contributed by atoms with Crippen LogP contribution in [0.2, 0.25) is 0 Å². The molecule has 1 aliphatic heterocycles. The van der Waals surface area contributed by atoms with Crippen LogP contribution < -0.4 is 0 Å². The fourth-order valence-electron chi connectivity index (χ4n) is 3.94. The normalized spacial score (nSPS) is 16.5. The van der Waals surface area contributed by atoms with Crippen molar-refractivity contribution in [1.29, 1.82) is 0 Å². The van der Waals surface area contributed by atoms with Crippen LogP contribution in [0.15, 0.2) is 66.7 Å². The van der Waals surface area contributed by atoms with Gasteiger partial charge in [-0.3, -0.25) is 0 Å². The number of hydrogen-bond donors (Lipinski definition) is 0. The van der Waals surface area contributed by atoms with Crippen molar-refractivity contribution in [2.45, 2.75) is 32.3 Å². The number of carbonyl (C=O) groups excluding carboxylic acids is 1. The molecule has 0 saturated carbocycles. The summed E-state index contributed by atoms with van der Waals surface area (Å²) < 4.78 is 24.5. The number of ether oxygens (including phenoxy) is 2. The molecule has 1 atom stereocenters. The van der Waals surface area contributed by atoms with Crippen LogP contribution in [0.25, 0.3) is 0 Å². The Balaban J connectivity index is 1.45. The first-order chi connectivity index (χ1) is 15.2. The van der Waals surface area contributed by atoms with E-state index < -0.39 is 0 Å². The molecule has 166 valence electrons. The van der Waals surface area contributed by atoms with Crippen molar-refractivity contribution in [2.24, 2.45) is 5.92 Å². The largest absolute Gasteiger partial charge is 0.463 e. The topological polar surface area (TPSA) is 38.8 Å². The second kappa shape index (κ2) is 12.4. The molecule has 1 aliphatic rings. The first kappa shape index (κ1) is 23.2. The van der Waals surface area contributed by atoms with E-state index in [1.54, 1.807) is 18.2 Å². The summed E-state index contributed by atoms with van der Waals surface area (Å²) in [5.74, 6) is 0.112. The van der Waals surface area contributed by atoms with Gasteiger partial charge in [0.15, 0.2) is 0 Å². The highest BCUT2D eigenvalue weighted by molar-refractivity contribution is 5.81. The summed E-state index contributed by atoms with van der Waals surface area (Å²) in [6, 6.07) is 16.6. The summed E-state index contributed by atoms with van der Waals surface area (Å²) >= 11 is 0. The van der Waals surface area contributed by atoms with Gasteiger partial charge in [0.25, 0.3) is 0 Å². The lowest BCUT2D eigenvalue weighted by Crippen LogP contribution is -2.36. The lowest BCUT2D eigenvalue weighted by molar-refractivity contribution is -0.137. The van der Waals surface area contributed by atoms with Gasteiger partial charge in [-0.05, 0) is 68.5 Å². The summed E-state index contributed by atoms with van der Waals surface area (Å²) in [5.41, 5.74) is 2.03. The summed E-state index contributed by atoms with van der Waals surface area (Å²) in [4.78, 5) is 13.8. The van der Waals surface area contributed by atoms with Gasteiger partial charge in [0.1, 0.15) is 11.9 Å². The molecule has 1 saturated heterocycles. The Bertz CT molecular complexity index is 814. The first-order valence-corrected chi connectivity index (χ1v) is 11.1. The van der Waals surface area contributed by atoms with Crippen LogP contribution in [-0.2, 0) is 14.3 Å². The molecule has 5 heteroatoms. The van der Waals surface area contributed by atoms with Crippen LogP contribution >= 0.6 is 0 Å². The Hall–Kier alpha value is -2.50. The second-order valence-corrected chi connectivity index (χ2v) is 7.89. The lowest BCUT2D eigenvalue weighted by atomic mass is 9.93. The van der Waals surface area contributed by atoms with E-state index in [4.69, 9.17) is 9.47 Å². The highest BCUT2D eigenvalue weighted by atomic mass is 19.1. The predicted octanol–water partition coefficient (Wildman–Crippen LogP) is 5.15. The minimum atomic E-state index is -0.258. The number of carbonyl (C=O) groups is 1. The van der Waals surface area contributed by atoms with Crippen molar-refractivity contribution in [3.8, 4) is 0 Å². The molecule has 31 heavy (non-hydrogen) atoms. The van der Waals surface area contributed by atoms with E-state index in [-0.39, 0.29) is 17.9 Å². The van der Waals surface area contributed by atoms with E-state index in [1.807, 2.05) is 43.3 Å². The average molecular weight is 426 g/mol. The van der Waals surface area contributed by atoms with Crippen LogP contribution in [0.1, 0.15) is 43.4 Å². The molecular formula is C26H32FNO3. The molecule has 0 amide bonds. The highest BCUT2D eigenvalue weighted by Gasteiger charge is 2.20. The molecule has 0 radical (unpaired) electrons. The quantitative estimate of drug-likeness (QED) is 0.390. The molecule has 2 aromatic carbocycles. The molecule has 0 spiro atoms. The monoisotopic (exact) mass is 425 g/mol. The maximum Gasteiger partial charge on any atom is 0.330 e. The molecule has 0 bridgehead atoms. The Labute approximate surface area is 184 Å². The van der Waals surface area contributed by atoms with E-state index in [2.05, 4.69) is 4.90 Å². The van der Waals surface area contributed by atoms with Gasteiger partial charge in [-0.2, -0.15) is 0 Å². The molecule has 0 N–H and O–H groups in total. The fraction of sp³-hybridized carbons (Fsp3) is 0.423. The zero-order valence-electron chi connectivity index (χ0n) is 18.2. The maximum absolute atomic E-state index is 13.4. The van der Waals surface area contributed by atoms with Crippen molar-refractivity contribution in [3.05, 3.63) is 83.7 Å². The second-order valence-electron chi connectivity index (χ2n) is 7.89. The number of halogens is 1. The summed E-state index contributed by atoms with van der Waals surface area (Å²) in [6.45, 7) is 5.78. The molecule has 4 nitrogen and oxygen atoms in total. The lowest BCUT2D eigenvalue weighted by Gasteiger charge is -2.32. The number of likely N-dealkylation sites (tertiary alicyclic amines) is 1. The van der Waals surface area contributed by atoms with Crippen LogP contribution in [0, 0.1) is 11.7 Å². The Morgan fingerprint density at radius 1 is 1.10 bits per heavy atom. The molecule has 0 aliphatic carbocycles. The minimum absolute atomic E-state index is 0.202. The number of esters is 1. The summed E-state index contributed by atoms with van der Waals surface area (Å²) in [6.07, 6.45) is 6.44. The van der Waals surface area contributed by atoms with Crippen LogP contribution in [0.3, 0.4) is 0 Å². The van der Waals surface area contributed by atoms with E-state index >= 15 is 0 Å². The van der Waals surface area contributed by atoms with Gasteiger partial charge in [-0.15, -0.1) is 0 Å². The molecular weight excluding hydrogens is 393 g/mol. The zero-order chi connectivity index (χ0) is 21.9. The van der Waals surface area contributed by atoms with Gasteiger partial charge in [-0.1, -0.05) is 48.5 Å². The number of allylic oxidation sites excluding steroid dienone is 1. The molecule has 2 aromatic rings. The van der Waals surface area contributed by atoms with Crippen LogP contribution in [0.5, 0.6) is 0 Å². The van der Waals surface area contributed by atoms with Gasteiger partial charge in [0, 0.05) is 12.6 Å². The van der Waals surface area contributed by atoms with Crippen molar-refractivity contribution < 1.29 is 18.7 Å². The molecule has 0 aromatic heterocycles. The van der Waals surface area contributed by atoms with Crippen molar-refractivity contribution in [2.75, 3.05) is 32.8 Å². The number of nitrogens with zero attached hydrogens (tertiary/aromatic N) is 1. The molecule has 3 rings (SSSR count). The zero-order valence-corrected chi connectivity index (χ0v) is 18.2. The van der Waals surface area contributed by atoms with E-state index in [9.17, 15) is 9.18 Å². The third-order valence-corrected chi connectivity index (χ3v) is 5.68. The van der Waals surface area contributed by atoms with Crippen molar-refractivity contribution in [3.63, 3.8) is 0 Å². The summed E-state index contributed by atoms with van der Waals surface area (Å²) in [7, 11) is 0. The molecule has 1 unspecified atom stereocenters. The Kier molecular flexibility index (Phi) is 9.25. The van der Waals surface area contributed by atoms with Crippen LogP contribution in [0.4, 0.5) is 4.39 Å². The molecule has 1 fully saturated rings. The minimum Gasteiger partial charge on any atom is -0.463 e. The van der Waals surface area contributed by atoms with Crippen molar-refractivity contribution >= 4 is 5.97 Å². The third kappa shape index (κ3) is 7.60. The number of rotatable bonds is 10. The van der Waals surface area contributed by atoms with Gasteiger partial charge >= 0.3 is 5.97 Å². The Morgan fingerprint density at radius 3 is 2.45 bits per heavy atom. The number of benzene rings is 2. The smallest absolute Gasteiger partial charge is 0.330 e. The fourth-order valence-corrected chi connectivity index (χ4v) is 3.94. The first-order valence-electron chi connectivity index (χ1n) is 11.1. The Morgan fingerprint density at radius 2 is 1.77 bits per heavy atom. The maximum atomic E-state index is 13.4. The number of hydrogen-bond acceptors (Lipinski definition) is 4.